The summed E-state index contributed by atoms with van der Waals surface area (Å²) in [5, 5.41) is 4.02. The van der Waals surface area contributed by atoms with E-state index in [4.69, 9.17) is 41.9 Å². The molecular weight excluding hydrogens is 817 g/mol. The Morgan fingerprint density at radius 1 is 0.983 bits per heavy atom. The molecule has 3 amide bonds. The van der Waals surface area contributed by atoms with E-state index in [1.807, 2.05) is 35.2 Å². The predicted octanol–water partition coefficient (Wildman–Crippen LogP) is 9.27. The summed E-state index contributed by atoms with van der Waals surface area (Å²) in [6.45, 7) is 8.11. The van der Waals surface area contributed by atoms with Gasteiger partial charge in [0.05, 0.1) is 22.7 Å². The maximum atomic E-state index is 15.3. The van der Waals surface area contributed by atoms with Crippen LogP contribution in [-0.2, 0) is 38.6 Å². The van der Waals surface area contributed by atoms with Gasteiger partial charge in [-0.15, -0.1) is 0 Å². The van der Waals surface area contributed by atoms with Gasteiger partial charge in [0, 0.05) is 63.0 Å². The average Bonchev–Trinajstić information content (AvgIpc) is 3.94. The van der Waals surface area contributed by atoms with Crippen LogP contribution in [0.1, 0.15) is 75.8 Å². The van der Waals surface area contributed by atoms with Gasteiger partial charge in [0.15, 0.2) is 5.76 Å². The van der Waals surface area contributed by atoms with E-state index >= 15 is 4.79 Å². The molecule has 3 aromatic carbocycles. The number of hydrogen-bond donors (Lipinski definition) is 0. The zero-order valence-corrected chi connectivity index (χ0v) is 35.7. The number of methoxy groups -OCH3 is 1. The van der Waals surface area contributed by atoms with Gasteiger partial charge in [-0.3, -0.25) is 14.5 Å². The zero-order valence-electron chi connectivity index (χ0n) is 34.2. The molecule has 0 N–H and O–H groups in total. The third-order valence-corrected chi connectivity index (χ3v) is 11.6. The van der Waals surface area contributed by atoms with Gasteiger partial charge >= 0.3 is 6.09 Å². The largest absolute Gasteiger partial charge is 0.486 e. The first kappa shape index (κ1) is 43.1. The monoisotopic (exact) mass is 864 g/mol. The molecule has 2 fully saturated rings. The maximum absolute atomic E-state index is 15.3. The predicted molar refractivity (Wildman–Crippen MR) is 222 cm³/mol. The quantitative estimate of drug-likeness (QED) is 0.0966. The van der Waals surface area contributed by atoms with Crippen molar-refractivity contribution in [1.29, 1.82) is 0 Å². The Balaban J connectivity index is 1.22. The van der Waals surface area contributed by atoms with Crippen LogP contribution in [-0.4, -0.2) is 88.3 Å². The lowest BCUT2D eigenvalue weighted by molar-refractivity contribution is -0.135. The molecule has 3 heterocycles. The molecule has 1 aliphatic carbocycles. The number of fused-ring (bicyclic) bond motifs is 2. The number of piperazine rings is 1. The molecule has 0 radical (unpaired) electrons. The first-order chi connectivity index (χ1) is 28.6. The van der Waals surface area contributed by atoms with Gasteiger partial charge in [-0.05, 0) is 105 Å². The van der Waals surface area contributed by atoms with Gasteiger partial charge in [0.25, 0.3) is 5.91 Å². The number of aromatic nitrogens is 1. The topological polar surface area (TPSA) is 115 Å². The van der Waals surface area contributed by atoms with Crippen molar-refractivity contribution in [3.05, 3.63) is 110 Å². The molecule has 60 heavy (non-hydrogen) atoms. The Hall–Kier alpha value is -4.98. The minimum atomic E-state index is -0.795. The fourth-order valence-electron chi connectivity index (χ4n) is 7.89. The summed E-state index contributed by atoms with van der Waals surface area (Å²) in [7, 11) is 1.67. The normalized spacial score (nSPS) is 17.8. The smallest absolute Gasteiger partial charge is 0.411 e. The van der Waals surface area contributed by atoms with Gasteiger partial charge in [0.2, 0.25) is 5.91 Å². The number of benzene rings is 3. The van der Waals surface area contributed by atoms with Crippen molar-refractivity contribution in [1.82, 2.24) is 19.9 Å². The summed E-state index contributed by atoms with van der Waals surface area (Å²) in [4.78, 5) is 47.5. The molecule has 318 valence electrons. The lowest BCUT2D eigenvalue weighted by atomic mass is 9.81. The van der Waals surface area contributed by atoms with E-state index in [1.54, 1.807) is 49.8 Å². The molecular formula is C45H48Cl2F2N4O7. The number of aryl methyl sites for hydroxylation is 1. The Morgan fingerprint density at radius 3 is 2.40 bits per heavy atom. The molecule has 15 heteroatoms. The summed E-state index contributed by atoms with van der Waals surface area (Å²) < 4.78 is 51.1. The van der Waals surface area contributed by atoms with E-state index in [-0.39, 0.29) is 67.5 Å². The molecule has 1 aromatic heterocycles. The Kier molecular flexibility index (Phi) is 12.9. The highest BCUT2D eigenvalue weighted by Gasteiger charge is 2.50. The summed E-state index contributed by atoms with van der Waals surface area (Å²) in [5.41, 5.74) is 2.88. The Morgan fingerprint density at radius 2 is 1.72 bits per heavy atom. The van der Waals surface area contributed by atoms with E-state index in [9.17, 15) is 18.4 Å². The van der Waals surface area contributed by atoms with Crippen LogP contribution < -0.4 is 4.74 Å². The lowest BCUT2D eigenvalue weighted by Gasteiger charge is -2.51. The molecule has 2 atom stereocenters. The second kappa shape index (κ2) is 17.9. The van der Waals surface area contributed by atoms with Crippen molar-refractivity contribution in [2.45, 2.75) is 96.7 Å². The third kappa shape index (κ3) is 9.64. The number of ether oxygens (including phenoxy) is 3. The summed E-state index contributed by atoms with van der Waals surface area (Å²) in [6.07, 6.45) is 3.03. The Bertz CT molecular complexity index is 2290. The molecule has 2 bridgehead atoms. The number of carbonyl (C=O) groups excluding carboxylic acids is 3. The molecule has 2 aliphatic heterocycles. The standard InChI is InChI=1S/C45H48Cl2F2N4O7/c1-26(54)51-23-31-20-34(28-9-13-32(14-10-28)58-25-33-21-38(50-60-33)41-36(48)16-17-37(49)42(41)47)40(39(24-51)53(31)44(56)59-45(2,3)4)43(55)52(30-11-12-30)22-29-19-27(7-6-18-57-5)8-15-35(29)46/h8-10,13-17,19,21,30-31,39H,6-7,11-12,18,20,22-25H2,1-5H3. The van der Waals surface area contributed by atoms with Gasteiger partial charge in [-0.2, -0.15) is 0 Å². The van der Waals surface area contributed by atoms with Crippen LogP contribution in [0.4, 0.5) is 13.6 Å². The first-order valence-corrected chi connectivity index (χ1v) is 20.8. The second-order valence-electron chi connectivity index (χ2n) is 16.5. The average molecular weight is 866 g/mol. The highest BCUT2D eigenvalue weighted by Crippen LogP contribution is 2.42. The molecule has 1 saturated carbocycles. The summed E-state index contributed by atoms with van der Waals surface area (Å²) >= 11 is 12.8. The van der Waals surface area contributed by atoms with Gasteiger partial charge in [-0.25, -0.2) is 13.6 Å². The maximum Gasteiger partial charge on any atom is 0.411 e. The second-order valence-corrected chi connectivity index (χ2v) is 17.3. The molecule has 4 aromatic rings. The molecule has 0 spiro atoms. The minimum absolute atomic E-state index is 0.0268. The van der Waals surface area contributed by atoms with E-state index in [0.29, 0.717) is 23.0 Å². The lowest BCUT2D eigenvalue weighted by Crippen LogP contribution is -2.65. The molecule has 3 aliphatic rings. The minimum Gasteiger partial charge on any atom is -0.486 e. The molecule has 2 unspecified atom stereocenters. The van der Waals surface area contributed by atoms with Crippen LogP contribution in [0, 0.1) is 11.6 Å². The van der Waals surface area contributed by atoms with Crippen LogP contribution in [0.3, 0.4) is 0 Å². The van der Waals surface area contributed by atoms with Crippen LogP contribution in [0.15, 0.2) is 70.8 Å². The molecule has 11 nitrogen and oxygen atoms in total. The highest BCUT2D eigenvalue weighted by molar-refractivity contribution is 6.33. The van der Waals surface area contributed by atoms with E-state index in [0.717, 1.165) is 60.1 Å². The van der Waals surface area contributed by atoms with Crippen molar-refractivity contribution in [3.8, 4) is 17.0 Å². The number of carbonyl (C=O) groups is 3. The summed E-state index contributed by atoms with van der Waals surface area (Å²) in [5.74, 6) is -1.19. The van der Waals surface area contributed by atoms with Crippen molar-refractivity contribution in [2.24, 2.45) is 0 Å². The van der Waals surface area contributed by atoms with Crippen LogP contribution in [0.25, 0.3) is 16.8 Å². The Labute approximate surface area is 358 Å². The summed E-state index contributed by atoms with van der Waals surface area (Å²) in [6, 6.07) is 15.2. The van der Waals surface area contributed by atoms with Gasteiger partial charge in [-0.1, -0.05) is 52.6 Å². The van der Waals surface area contributed by atoms with Crippen LogP contribution >= 0.6 is 23.2 Å². The van der Waals surface area contributed by atoms with Crippen molar-refractivity contribution >= 4 is 46.7 Å². The highest BCUT2D eigenvalue weighted by atomic mass is 35.5. The number of rotatable bonds is 13. The van der Waals surface area contributed by atoms with Crippen molar-refractivity contribution in [2.75, 3.05) is 26.8 Å². The SMILES string of the molecule is COCCCc1ccc(Cl)c(CN(C(=O)C2=C(c3ccc(OCc4cc(-c5c(F)ccc(F)c5Cl)no4)cc3)CC3CN(C(C)=O)CC2N3C(=O)OC(C)(C)C)C2CC2)c1. The first-order valence-electron chi connectivity index (χ1n) is 20.0. The third-order valence-electron chi connectivity index (χ3n) is 10.9. The molecule has 1 saturated heterocycles. The fraction of sp³-hybridized carbons (Fsp3) is 0.422. The van der Waals surface area contributed by atoms with E-state index < -0.39 is 40.4 Å². The number of nitrogens with zero attached hydrogens (tertiary/aromatic N) is 4. The van der Waals surface area contributed by atoms with Gasteiger partial charge < -0.3 is 28.5 Å². The van der Waals surface area contributed by atoms with Crippen LogP contribution in [0.5, 0.6) is 5.75 Å². The van der Waals surface area contributed by atoms with E-state index in [1.165, 1.54) is 13.0 Å². The molecule has 7 rings (SSSR count). The number of halogens is 4. The number of amides is 3. The van der Waals surface area contributed by atoms with Crippen LogP contribution in [0.2, 0.25) is 10.0 Å². The van der Waals surface area contributed by atoms with Crippen molar-refractivity contribution in [3.63, 3.8) is 0 Å². The van der Waals surface area contributed by atoms with E-state index in [2.05, 4.69) is 5.16 Å². The zero-order chi connectivity index (χ0) is 42.9. The van der Waals surface area contributed by atoms with Gasteiger partial charge in [0.1, 0.15) is 35.3 Å². The fourth-order valence-corrected chi connectivity index (χ4v) is 8.31. The van der Waals surface area contributed by atoms with Crippen molar-refractivity contribution < 1.29 is 41.9 Å². The number of hydrogen-bond acceptors (Lipinski definition) is 8.